The van der Waals surface area contributed by atoms with Gasteiger partial charge in [-0.2, -0.15) is 0 Å². The van der Waals surface area contributed by atoms with E-state index in [1.807, 2.05) is 36.5 Å². The van der Waals surface area contributed by atoms with Crippen molar-refractivity contribution < 1.29 is 9.90 Å². The quantitative estimate of drug-likeness (QED) is 0.538. The van der Waals surface area contributed by atoms with Gasteiger partial charge in [0.25, 0.3) is 0 Å². The van der Waals surface area contributed by atoms with E-state index in [1.165, 1.54) is 6.20 Å². The lowest BCUT2D eigenvalue weighted by atomic mass is 10.0. The van der Waals surface area contributed by atoms with Crippen molar-refractivity contribution in [3.05, 3.63) is 60.4 Å². The molecule has 4 heteroatoms. The Morgan fingerprint density at radius 3 is 2.52 bits per heavy atom. The smallest absolute Gasteiger partial charge is 0.337 e. The van der Waals surface area contributed by atoms with Gasteiger partial charge in [0, 0.05) is 28.6 Å². The molecule has 4 nitrogen and oxygen atoms in total. The summed E-state index contributed by atoms with van der Waals surface area (Å²) in [7, 11) is 0. The van der Waals surface area contributed by atoms with E-state index in [0.717, 1.165) is 32.6 Å². The van der Waals surface area contributed by atoms with Gasteiger partial charge in [-0.1, -0.05) is 36.4 Å². The first-order chi connectivity index (χ1) is 10.2. The fraction of sp³-hybridized carbons (Fsp3) is 0. The molecule has 4 rings (SSSR count). The summed E-state index contributed by atoms with van der Waals surface area (Å²) >= 11 is 0. The third kappa shape index (κ3) is 1.73. The fourth-order valence-corrected chi connectivity index (χ4v) is 2.64. The molecule has 0 saturated carbocycles. The molecule has 0 atom stereocenters. The van der Waals surface area contributed by atoms with Crippen molar-refractivity contribution in [1.82, 2.24) is 9.97 Å². The maximum atomic E-state index is 11.0. The van der Waals surface area contributed by atoms with Crippen LogP contribution in [0.5, 0.6) is 0 Å². The molecule has 4 aromatic rings. The molecule has 0 aliphatic rings. The number of aromatic carboxylic acids is 1. The highest BCUT2D eigenvalue weighted by Crippen LogP contribution is 2.28. The second-order valence-electron chi connectivity index (χ2n) is 4.91. The Morgan fingerprint density at radius 2 is 1.67 bits per heavy atom. The average Bonchev–Trinajstić information content (AvgIpc) is 2.53. The molecule has 0 aliphatic heterocycles. The second-order valence-corrected chi connectivity index (χ2v) is 4.91. The Bertz CT molecular complexity index is 1020. The van der Waals surface area contributed by atoms with Crippen LogP contribution in [0.3, 0.4) is 0 Å². The Morgan fingerprint density at radius 1 is 0.857 bits per heavy atom. The standard InChI is InChI=1S/C17H10N2O2/c20-17(21)12-7-10-5-6-14-13-4-2-1-3-11(13)8-19-16(14)15(10)18-9-12/h1-9H,(H,20,21). The number of carbonyl (C=O) groups is 1. The predicted molar refractivity (Wildman–Crippen MR) is 81.5 cm³/mol. The van der Waals surface area contributed by atoms with Gasteiger partial charge in [0.1, 0.15) is 0 Å². The third-order valence-corrected chi connectivity index (χ3v) is 3.66. The topological polar surface area (TPSA) is 63.1 Å². The fourth-order valence-electron chi connectivity index (χ4n) is 2.64. The molecule has 1 N–H and O–H groups in total. The predicted octanol–water partition coefficient (Wildman–Crippen LogP) is 3.63. The highest BCUT2D eigenvalue weighted by molar-refractivity contribution is 6.14. The molecule has 0 radical (unpaired) electrons. The summed E-state index contributed by atoms with van der Waals surface area (Å²) < 4.78 is 0. The molecular weight excluding hydrogens is 264 g/mol. The lowest BCUT2D eigenvalue weighted by molar-refractivity contribution is 0.0696. The summed E-state index contributed by atoms with van der Waals surface area (Å²) in [6.07, 6.45) is 3.20. The van der Waals surface area contributed by atoms with Gasteiger partial charge < -0.3 is 5.11 Å². The van der Waals surface area contributed by atoms with E-state index in [1.54, 1.807) is 6.07 Å². The van der Waals surface area contributed by atoms with Gasteiger partial charge in [-0.05, 0) is 11.5 Å². The number of nitrogens with zero attached hydrogens (tertiary/aromatic N) is 2. The van der Waals surface area contributed by atoms with Gasteiger partial charge in [0.2, 0.25) is 0 Å². The Labute approximate surface area is 119 Å². The molecular formula is C17H10N2O2. The molecule has 0 spiro atoms. The van der Waals surface area contributed by atoms with Crippen molar-refractivity contribution in [3.63, 3.8) is 0 Å². The van der Waals surface area contributed by atoms with Crippen LogP contribution in [0.15, 0.2) is 54.9 Å². The lowest BCUT2D eigenvalue weighted by Crippen LogP contribution is -1.97. The minimum Gasteiger partial charge on any atom is -0.478 e. The van der Waals surface area contributed by atoms with E-state index >= 15 is 0 Å². The zero-order valence-electron chi connectivity index (χ0n) is 10.9. The number of fused-ring (bicyclic) bond motifs is 5. The Kier molecular flexibility index (Phi) is 2.38. The molecule has 0 amide bonds. The SMILES string of the molecule is O=C(O)c1cnc2c(ccc3c4ccccc4cnc32)c1. The van der Waals surface area contributed by atoms with Crippen LogP contribution in [0, 0.1) is 0 Å². The molecule has 0 bridgehead atoms. The van der Waals surface area contributed by atoms with Crippen molar-refractivity contribution in [2.24, 2.45) is 0 Å². The molecule has 21 heavy (non-hydrogen) atoms. The average molecular weight is 274 g/mol. The lowest BCUT2D eigenvalue weighted by Gasteiger charge is -2.06. The number of carboxylic acids is 1. The summed E-state index contributed by atoms with van der Waals surface area (Å²) in [5.41, 5.74) is 1.70. The number of hydrogen-bond acceptors (Lipinski definition) is 3. The monoisotopic (exact) mass is 274 g/mol. The Hall–Kier alpha value is -3.01. The zero-order valence-corrected chi connectivity index (χ0v) is 10.9. The maximum Gasteiger partial charge on any atom is 0.337 e. The van der Waals surface area contributed by atoms with Crippen LogP contribution in [0.1, 0.15) is 10.4 Å². The van der Waals surface area contributed by atoms with Crippen molar-refractivity contribution in [2.75, 3.05) is 0 Å². The first kappa shape index (κ1) is 11.8. The molecule has 0 saturated heterocycles. The van der Waals surface area contributed by atoms with Gasteiger partial charge >= 0.3 is 5.97 Å². The van der Waals surface area contributed by atoms with E-state index in [0.29, 0.717) is 0 Å². The van der Waals surface area contributed by atoms with Gasteiger partial charge in [-0.15, -0.1) is 0 Å². The van der Waals surface area contributed by atoms with Crippen molar-refractivity contribution in [2.45, 2.75) is 0 Å². The normalized spacial score (nSPS) is 11.2. The summed E-state index contributed by atoms with van der Waals surface area (Å²) in [6.45, 7) is 0. The molecule has 0 fully saturated rings. The number of pyridine rings is 2. The van der Waals surface area contributed by atoms with E-state index in [2.05, 4.69) is 16.0 Å². The van der Waals surface area contributed by atoms with Gasteiger partial charge in [-0.3, -0.25) is 9.97 Å². The maximum absolute atomic E-state index is 11.0. The van der Waals surface area contributed by atoms with E-state index < -0.39 is 5.97 Å². The summed E-state index contributed by atoms with van der Waals surface area (Å²) in [4.78, 5) is 19.8. The van der Waals surface area contributed by atoms with E-state index in [4.69, 9.17) is 5.11 Å². The molecule has 100 valence electrons. The van der Waals surface area contributed by atoms with Crippen LogP contribution in [0.2, 0.25) is 0 Å². The highest BCUT2D eigenvalue weighted by atomic mass is 16.4. The first-order valence-electron chi connectivity index (χ1n) is 6.53. The van der Waals surface area contributed by atoms with Crippen LogP contribution in [-0.4, -0.2) is 21.0 Å². The van der Waals surface area contributed by atoms with Gasteiger partial charge in [0.15, 0.2) is 0 Å². The minimum atomic E-state index is -0.976. The largest absolute Gasteiger partial charge is 0.478 e. The third-order valence-electron chi connectivity index (χ3n) is 3.66. The van der Waals surface area contributed by atoms with Crippen LogP contribution < -0.4 is 0 Å². The van der Waals surface area contributed by atoms with Crippen LogP contribution >= 0.6 is 0 Å². The summed E-state index contributed by atoms with van der Waals surface area (Å²) in [5.74, 6) is -0.976. The number of benzene rings is 2. The van der Waals surface area contributed by atoms with Crippen molar-refractivity contribution in [1.29, 1.82) is 0 Å². The van der Waals surface area contributed by atoms with Crippen LogP contribution in [0.4, 0.5) is 0 Å². The van der Waals surface area contributed by atoms with Crippen LogP contribution in [0.25, 0.3) is 32.6 Å². The molecule has 2 heterocycles. The highest BCUT2D eigenvalue weighted by Gasteiger charge is 2.09. The van der Waals surface area contributed by atoms with E-state index in [-0.39, 0.29) is 5.56 Å². The van der Waals surface area contributed by atoms with Gasteiger partial charge in [0.05, 0.1) is 16.6 Å². The Balaban J connectivity index is 2.14. The molecule has 0 aliphatic carbocycles. The number of hydrogen-bond donors (Lipinski definition) is 1. The minimum absolute atomic E-state index is 0.183. The summed E-state index contributed by atoms with van der Waals surface area (Å²) in [5, 5.41) is 13.0. The van der Waals surface area contributed by atoms with Crippen molar-refractivity contribution in [3.8, 4) is 0 Å². The molecule has 2 aromatic heterocycles. The number of aromatic nitrogens is 2. The second kappa shape index (κ2) is 4.24. The van der Waals surface area contributed by atoms with Crippen molar-refractivity contribution >= 4 is 38.5 Å². The first-order valence-corrected chi connectivity index (χ1v) is 6.53. The zero-order chi connectivity index (χ0) is 14.4. The van der Waals surface area contributed by atoms with Gasteiger partial charge in [-0.25, -0.2) is 4.79 Å². The van der Waals surface area contributed by atoms with Crippen LogP contribution in [-0.2, 0) is 0 Å². The summed E-state index contributed by atoms with van der Waals surface area (Å²) in [6, 6.07) is 13.5. The van der Waals surface area contributed by atoms with E-state index in [9.17, 15) is 4.79 Å². The number of carboxylic acid groups (broad SMARTS) is 1. The number of rotatable bonds is 1. The molecule has 0 unspecified atom stereocenters. The molecule has 2 aromatic carbocycles.